The van der Waals surface area contributed by atoms with Crippen LogP contribution in [0.25, 0.3) is 0 Å². The molecule has 28 heavy (non-hydrogen) atoms. The number of aryl methyl sites for hydroxylation is 1. The summed E-state index contributed by atoms with van der Waals surface area (Å²) in [6.45, 7) is 6.92. The Bertz CT molecular complexity index is 733. The van der Waals surface area contributed by atoms with Crippen LogP contribution in [-0.2, 0) is 4.79 Å². The number of carbonyl (C=O) groups excluding carboxylic acids is 1. The summed E-state index contributed by atoms with van der Waals surface area (Å²) >= 11 is 0. The summed E-state index contributed by atoms with van der Waals surface area (Å²) in [4.78, 5) is 16.9. The van der Waals surface area contributed by atoms with E-state index < -0.39 is 0 Å². The molecule has 5 nitrogen and oxygen atoms in total. The summed E-state index contributed by atoms with van der Waals surface area (Å²) in [6.07, 6.45) is 0.934. The first-order chi connectivity index (χ1) is 13.6. The van der Waals surface area contributed by atoms with Gasteiger partial charge in [0.15, 0.2) is 6.61 Å². The largest absolute Gasteiger partial charge is 0.484 e. The lowest BCUT2D eigenvalue weighted by molar-refractivity contribution is -0.123. The van der Waals surface area contributed by atoms with Crippen molar-refractivity contribution in [1.82, 2.24) is 15.1 Å². The van der Waals surface area contributed by atoms with Gasteiger partial charge in [-0.25, -0.2) is 0 Å². The molecular weight excluding hydrogens is 350 g/mol. The molecule has 3 rings (SSSR count). The maximum Gasteiger partial charge on any atom is 0.257 e. The molecule has 1 fully saturated rings. The van der Waals surface area contributed by atoms with E-state index in [-0.39, 0.29) is 12.5 Å². The molecule has 1 saturated heterocycles. The van der Waals surface area contributed by atoms with Crippen LogP contribution in [0.5, 0.6) is 5.75 Å². The molecule has 1 unspecified atom stereocenters. The molecule has 1 amide bonds. The Morgan fingerprint density at radius 1 is 1.11 bits per heavy atom. The summed E-state index contributed by atoms with van der Waals surface area (Å²) in [5.41, 5.74) is 2.54. The Hall–Kier alpha value is -2.37. The Balaban J connectivity index is 1.39. The van der Waals surface area contributed by atoms with E-state index in [1.54, 1.807) is 0 Å². The summed E-state index contributed by atoms with van der Waals surface area (Å²) in [5.74, 6) is 0.655. The van der Waals surface area contributed by atoms with Gasteiger partial charge >= 0.3 is 0 Å². The van der Waals surface area contributed by atoms with Gasteiger partial charge in [0, 0.05) is 38.8 Å². The van der Waals surface area contributed by atoms with E-state index in [2.05, 4.69) is 52.5 Å². The number of carbonyl (C=O) groups is 1. The van der Waals surface area contributed by atoms with Gasteiger partial charge in [-0.2, -0.15) is 0 Å². The predicted molar refractivity (Wildman–Crippen MR) is 113 cm³/mol. The highest BCUT2D eigenvalue weighted by Crippen LogP contribution is 2.24. The molecular formula is C23H31N3O2. The van der Waals surface area contributed by atoms with Crippen LogP contribution in [0, 0.1) is 6.92 Å². The molecule has 0 aromatic heterocycles. The van der Waals surface area contributed by atoms with Crippen molar-refractivity contribution in [2.24, 2.45) is 0 Å². The normalized spacial score (nSPS) is 18.0. The maximum atomic E-state index is 12.0. The maximum absolute atomic E-state index is 12.0. The van der Waals surface area contributed by atoms with Crippen LogP contribution < -0.4 is 10.1 Å². The van der Waals surface area contributed by atoms with Crippen molar-refractivity contribution < 1.29 is 9.53 Å². The molecule has 0 saturated carbocycles. The van der Waals surface area contributed by atoms with Gasteiger partial charge in [-0.3, -0.25) is 9.69 Å². The van der Waals surface area contributed by atoms with Crippen molar-refractivity contribution in [3.63, 3.8) is 0 Å². The van der Waals surface area contributed by atoms with E-state index in [9.17, 15) is 4.79 Å². The number of hydrogen-bond acceptors (Lipinski definition) is 4. The Morgan fingerprint density at radius 2 is 1.86 bits per heavy atom. The third-order valence-corrected chi connectivity index (χ3v) is 5.21. The summed E-state index contributed by atoms with van der Waals surface area (Å²) < 4.78 is 5.53. The Labute approximate surface area is 168 Å². The zero-order chi connectivity index (χ0) is 19.8. The Morgan fingerprint density at radius 3 is 2.61 bits per heavy atom. The van der Waals surface area contributed by atoms with Crippen molar-refractivity contribution in [1.29, 1.82) is 0 Å². The molecule has 1 N–H and O–H groups in total. The third kappa shape index (κ3) is 6.08. The first kappa shape index (κ1) is 20.4. The summed E-state index contributed by atoms with van der Waals surface area (Å²) in [6, 6.07) is 18.8. The van der Waals surface area contributed by atoms with Gasteiger partial charge in [0.05, 0.1) is 0 Å². The number of hydrogen-bond donors (Lipinski definition) is 1. The quantitative estimate of drug-likeness (QED) is 0.714. The molecule has 1 atom stereocenters. The minimum atomic E-state index is -0.0708. The number of ether oxygens (including phenoxy) is 1. The average molecular weight is 382 g/mol. The molecule has 1 heterocycles. The Kier molecular flexibility index (Phi) is 7.46. The summed E-state index contributed by atoms with van der Waals surface area (Å²) in [5, 5.41) is 2.97. The van der Waals surface area contributed by atoms with E-state index in [0.717, 1.165) is 38.3 Å². The highest BCUT2D eigenvalue weighted by atomic mass is 16.5. The van der Waals surface area contributed by atoms with Gasteiger partial charge in [0.2, 0.25) is 0 Å². The number of amides is 1. The standard InChI is InChI=1S/C23H31N3O2/c1-19-9-11-21(12-10-19)28-18-23(27)24-13-6-14-26-16-15-25(2)17-22(26)20-7-4-3-5-8-20/h3-5,7-12,22H,6,13-18H2,1-2H3,(H,24,27). The highest BCUT2D eigenvalue weighted by Gasteiger charge is 2.25. The average Bonchev–Trinajstić information content (AvgIpc) is 2.72. The van der Waals surface area contributed by atoms with E-state index >= 15 is 0 Å². The lowest BCUT2D eigenvalue weighted by atomic mass is 10.0. The van der Waals surface area contributed by atoms with E-state index in [0.29, 0.717) is 12.6 Å². The molecule has 1 aliphatic rings. The van der Waals surface area contributed by atoms with Crippen molar-refractivity contribution in [3.8, 4) is 5.75 Å². The van der Waals surface area contributed by atoms with Crippen molar-refractivity contribution in [3.05, 3.63) is 65.7 Å². The van der Waals surface area contributed by atoms with Crippen molar-refractivity contribution >= 4 is 5.91 Å². The lowest BCUT2D eigenvalue weighted by Gasteiger charge is -2.40. The van der Waals surface area contributed by atoms with Gasteiger partial charge in [0.1, 0.15) is 5.75 Å². The van der Waals surface area contributed by atoms with E-state index in [1.807, 2.05) is 31.2 Å². The smallest absolute Gasteiger partial charge is 0.257 e. The van der Waals surface area contributed by atoms with Crippen LogP contribution in [-0.4, -0.2) is 62.1 Å². The molecule has 0 spiro atoms. The fourth-order valence-electron chi connectivity index (χ4n) is 3.56. The second-order valence-electron chi connectivity index (χ2n) is 7.53. The van der Waals surface area contributed by atoms with Crippen molar-refractivity contribution in [2.75, 3.05) is 46.4 Å². The molecule has 1 aliphatic heterocycles. The van der Waals surface area contributed by atoms with E-state index in [4.69, 9.17) is 4.74 Å². The zero-order valence-electron chi connectivity index (χ0n) is 16.9. The van der Waals surface area contributed by atoms with Crippen molar-refractivity contribution in [2.45, 2.75) is 19.4 Å². The topological polar surface area (TPSA) is 44.8 Å². The number of nitrogens with zero attached hydrogens (tertiary/aromatic N) is 2. The molecule has 2 aromatic rings. The van der Waals surface area contributed by atoms with Gasteiger partial charge in [-0.1, -0.05) is 48.0 Å². The van der Waals surface area contributed by atoms with Gasteiger partial charge in [-0.15, -0.1) is 0 Å². The number of piperazine rings is 1. The third-order valence-electron chi connectivity index (χ3n) is 5.21. The predicted octanol–water partition coefficient (Wildman–Crippen LogP) is 2.87. The molecule has 0 radical (unpaired) electrons. The first-order valence-corrected chi connectivity index (χ1v) is 10.1. The van der Waals surface area contributed by atoms with Crippen LogP contribution in [0.15, 0.2) is 54.6 Å². The number of nitrogens with one attached hydrogen (secondary N) is 1. The molecule has 150 valence electrons. The second kappa shape index (κ2) is 10.2. The number of rotatable bonds is 8. The minimum absolute atomic E-state index is 0.0597. The van der Waals surface area contributed by atoms with Crippen LogP contribution in [0.3, 0.4) is 0 Å². The molecule has 0 bridgehead atoms. The molecule has 2 aromatic carbocycles. The minimum Gasteiger partial charge on any atom is -0.484 e. The summed E-state index contributed by atoms with van der Waals surface area (Å²) in [7, 11) is 2.18. The highest BCUT2D eigenvalue weighted by molar-refractivity contribution is 5.77. The van der Waals surface area contributed by atoms with Crippen LogP contribution in [0.2, 0.25) is 0 Å². The fraction of sp³-hybridized carbons (Fsp3) is 0.435. The van der Waals surface area contributed by atoms with Gasteiger partial charge in [-0.05, 0) is 38.1 Å². The van der Waals surface area contributed by atoms with Crippen LogP contribution in [0.1, 0.15) is 23.6 Å². The lowest BCUT2D eigenvalue weighted by Crippen LogP contribution is -2.47. The van der Waals surface area contributed by atoms with E-state index in [1.165, 1.54) is 11.1 Å². The first-order valence-electron chi connectivity index (χ1n) is 10.1. The number of benzene rings is 2. The molecule has 0 aliphatic carbocycles. The molecule has 5 heteroatoms. The van der Waals surface area contributed by atoms with Crippen LogP contribution >= 0.6 is 0 Å². The van der Waals surface area contributed by atoms with Crippen LogP contribution in [0.4, 0.5) is 0 Å². The second-order valence-corrected chi connectivity index (χ2v) is 7.53. The fourth-order valence-corrected chi connectivity index (χ4v) is 3.56. The van der Waals surface area contributed by atoms with Gasteiger partial charge in [0.25, 0.3) is 5.91 Å². The zero-order valence-corrected chi connectivity index (χ0v) is 16.9. The monoisotopic (exact) mass is 381 g/mol. The number of likely N-dealkylation sites (N-methyl/N-ethyl adjacent to an activating group) is 1. The van der Waals surface area contributed by atoms with Gasteiger partial charge < -0.3 is 15.0 Å². The SMILES string of the molecule is Cc1ccc(OCC(=O)NCCCN2CCN(C)CC2c2ccccc2)cc1.